The highest BCUT2D eigenvalue weighted by molar-refractivity contribution is 7.99. The fourth-order valence-electron chi connectivity index (χ4n) is 2.84. The van der Waals surface area contributed by atoms with E-state index < -0.39 is 0 Å². The summed E-state index contributed by atoms with van der Waals surface area (Å²) >= 11 is 2.13. The van der Waals surface area contributed by atoms with Crippen LogP contribution in [0.4, 0.5) is 0 Å². The summed E-state index contributed by atoms with van der Waals surface area (Å²) in [7, 11) is 0. The van der Waals surface area contributed by atoms with E-state index in [0.717, 1.165) is 18.0 Å². The first-order chi connectivity index (χ1) is 6.86. The van der Waals surface area contributed by atoms with Crippen LogP contribution in [0.1, 0.15) is 45.4 Å². The molecule has 2 aliphatic rings. The van der Waals surface area contributed by atoms with Gasteiger partial charge in [0.1, 0.15) is 0 Å². The summed E-state index contributed by atoms with van der Waals surface area (Å²) in [6, 6.07) is 1.57. The van der Waals surface area contributed by atoms with Crippen LogP contribution in [0.2, 0.25) is 0 Å². The van der Waals surface area contributed by atoms with Crippen molar-refractivity contribution >= 4 is 11.8 Å². The molecule has 1 saturated heterocycles. The predicted octanol–water partition coefficient (Wildman–Crippen LogP) is 3.05. The van der Waals surface area contributed by atoms with Crippen LogP contribution in [0.15, 0.2) is 0 Å². The minimum absolute atomic E-state index is 0.765. The van der Waals surface area contributed by atoms with E-state index >= 15 is 0 Å². The molecule has 1 saturated carbocycles. The Morgan fingerprint density at radius 2 is 1.93 bits per heavy atom. The van der Waals surface area contributed by atoms with E-state index in [-0.39, 0.29) is 0 Å². The van der Waals surface area contributed by atoms with Crippen LogP contribution in [-0.2, 0) is 0 Å². The SMILES string of the molecule is C[C@@H](NC1CCCSC1)C1CCCC1. The van der Waals surface area contributed by atoms with Crippen molar-refractivity contribution in [3.8, 4) is 0 Å². The summed E-state index contributed by atoms with van der Waals surface area (Å²) in [5.41, 5.74) is 0. The Morgan fingerprint density at radius 1 is 1.14 bits per heavy atom. The molecule has 1 nitrogen and oxygen atoms in total. The van der Waals surface area contributed by atoms with Gasteiger partial charge in [-0.25, -0.2) is 0 Å². The molecule has 2 fully saturated rings. The largest absolute Gasteiger partial charge is 0.310 e. The normalized spacial score (nSPS) is 31.9. The quantitative estimate of drug-likeness (QED) is 0.773. The highest BCUT2D eigenvalue weighted by Gasteiger charge is 2.24. The van der Waals surface area contributed by atoms with Crippen molar-refractivity contribution in [3.63, 3.8) is 0 Å². The lowest BCUT2D eigenvalue weighted by molar-refractivity contribution is 0.341. The molecule has 2 atom stereocenters. The molecule has 0 spiro atoms. The van der Waals surface area contributed by atoms with Crippen LogP contribution in [0, 0.1) is 5.92 Å². The Morgan fingerprint density at radius 3 is 2.57 bits per heavy atom. The third-order valence-electron chi connectivity index (χ3n) is 3.77. The van der Waals surface area contributed by atoms with Gasteiger partial charge in [0, 0.05) is 17.8 Å². The van der Waals surface area contributed by atoms with Crippen molar-refractivity contribution in [2.45, 2.75) is 57.5 Å². The maximum absolute atomic E-state index is 3.84. The van der Waals surface area contributed by atoms with Crippen LogP contribution in [-0.4, -0.2) is 23.6 Å². The summed E-state index contributed by atoms with van der Waals surface area (Å²) in [6.07, 6.45) is 8.69. The number of hydrogen-bond acceptors (Lipinski definition) is 2. The highest BCUT2D eigenvalue weighted by Crippen LogP contribution is 2.28. The van der Waals surface area contributed by atoms with E-state index in [1.807, 2.05) is 0 Å². The lowest BCUT2D eigenvalue weighted by atomic mass is 9.98. The molecule has 0 bridgehead atoms. The summed E-state index contributed by atoms with van der Waals surface area (Å²) in [4.78, 5) is 0. The first-order valence-electron chi connectivity index (χ1n) is 6.20. The molecular weight excluding hydrogens is 190 g/mol. The van der Waals surface area contributed by atoms with Crippen molar-refractivity contribution < 1.29 is 0 Å². The molecule has 0 aromatic carbocycles. The van der Waals surface area contributed by atoms with Crippen LogP contribution in [0.25, 0.3) is 0 Å². The van der Waals surface area contributed by atoms with Gasteiger partial charge >= 0.3 is 0 Å². The summed E-state index contributed by atoms with van der Waals surface area (Å²) in [5, 5.41) is 3.84. The molecule has 1 unspecified atom stereocenters. The van der Waals surface area contributed by atoms with Gasteiger partial charge in [0.25, 0.3) is 0 Å². The third-order valence-corrected chi connectivity index (χ3v) is 4.98. The second-order valence-electron chi connectivity index (χ2n) is 4.91. The van der Waals surface area contributed by atoms with Gasteiger partial charge < -0.3 is 5.32 Å². The molecule has 14 heavy (non-hydrogen) atoms. The Bertz CT molecular complexity index is 160. The first-order valence-corrected chi connectivity index (χ1v) is 7.35. The van der Waals surface area contributed by atoms with E-state index in [2.05, 4.69) is 24.0 Å². The van der Waals surface area contributed by atoms with Crippen molar-refractivity contribution in [2.24, 2.45) is 5.92 Å². The van der Waals surface area contributed by atoms with Gasteiger partial charge in [-0.15, -0.1) is 0 Å². The Kier molecular flexibility index (Phi) is 4.18. The fourth-order valence-corrected chi connectivity index (χ4v) is 3.92. The molecule has 1 heterocycles. The second-order valence-corrected chi connectivity index (χ2v) is 6.06. The zero-order chi connectivity index (χ0) is 9.80. The van der Waals surface area contributed by atoms with E-state index in [4.69, 9.17) is 0 Å². The summed E-state index contributed by atoms with van der Waals surface area (Å²) in [5.74, 6) is 3.70. The molecule has 0 aromatic heterocycles. The zero-order valence-corrected chi connectivity index (χ0v) is 10.1. The first kappa shape index (κ1) is 10.8. The number of hydrogen-bond donors (Lipinski definition) is 1. The smallest absolute Gasteiger partial charge is 0.0161 e. The molecule has 0 amide bonds. The Hall–Kier alpha value is 0.310. The van der Waals surface area contributed by atoms with Gasteiger partial charge in [-0.3, -0.25) is 0 Å². The number of thioether (sulfide) groups is 1. The van der Waals surface area contributed by atoms with Crippen molar-refractivity contribution in [2.75, 3.05) is 11.5 Å². The molecule has 2 rings (SSSR count). The van der Waals surface area contributed by atoms with E-state index in [1.54, 1.807) is 0 Å². The average molecular weight is 213 g/mol. The topological polar surface area (TPSA) is 12.0 Å². The summed E-state index contributed by atoms with van der Waals surface area (Å²) in [6.45, 7) is 2.40. The van der Waals surface area contributed by atoms with Crippen LogP contribution in [0.3, 0.4) is 0 Å². The average Bonchev–Trinajstić information content (AvgIpc) is 2.72. The maximum atomic E-state index is 3.84. The zero-order valence-electron chi connectivity index (χ0n) is 9.30. The Labute approximate surface area is 92.4 Å². The van der Waals surface area contributed by atoms with Crippen molar-refractivity contribution in [1.29, 1.82) is 0 Å². The summed E-state index contributed by atoms with van der Waals surface area (Å²) < 4.78 is 0. The molecule has 1 N–H and O–H groups in total. The fraction of sp³-hybridized carbons (Fsp3) is 1.00. The lowest BCUT2D eigenvalue weighted by Crippen LogP contribution is -2.42. The maximum Gasteiger partial charge on any atom is 0.0161 e. The standard InChI is InChI=1S/C12H23NS/c1-10(11-5-2-3-6-11)13-12-7-4-8-14-9-12/h10-13H,2-9H2,1H3/t10-,12?/m1/s1. The van der Waals surface area contributed by atoms with E-state index in [1.165, 1.54) is 50.0 Å². The molecule has 1 aliphatic carbocycles. The van der Waals surface area contributed by atoms with Crippen molar-refractivity contribution in [1.82, 2.24) is 5.32 Å². The van der Waals surface area contributed by atoms with Gasteiger partial charge in [-0.2, -0.15) is 11.8 Å². The third kappa shape index (κ3) is 2.90. The van der Waals surface area contributed by atoms with Gasteiger partial charge in [-0.05, 0) is 44.3 Å². The van der Waals surface area contributed by atoms with E-state index in [0.29, 0.717) is 0 Å². The molecule has 0 radical (unpaired) electrons. The lowest BCUT2D eigenvalue weighted by Gasteiger charge is -2.29. The monoisotopic (exact) mass is 213 g/mol. The van der Waals surface area contributed by atoms with Gasteiger partial charge in [0.15, 0.2) is 0 Å². The minimum Gasteiger partial charge on any atom is -0.310 e. The van der Waals surface area contributed by atoms with E-state index in [9.17, 15) is 0 Å². The number of rotatable bonds is 3. The van der Waals surface area contributed by atoms with Crippen LogP contribution < -0.4 is 5.32 Å². The molecule has 1 aliphatic heterocycles. The molecule has 82 valence electrons. The minimum atomic E-state index is 0.765. The molecular formula is C12H23NS. The van der Waals surface area contributed by atoms with Crippen molar-refractivity contribution in [3.05, 3.63) is 0 Å². The molecule has 2 heteroatoms. The van der Waals surface area contributed by atoms with Gasteiger partial charge in [0.2, 0.25) is 0 Å². The second kappa shape index (κ2) is 5.41. The highest BCUT2D eigenvalue weighted by atomic mass is 32.2. The predicted molar refractivity (Wildman–Crippen MR) is 64.9 cm³/mol. The van der Waals surface area contributed by atoms with Crippen LogP contribution in [0.5, 0.6) is 0 Å². The van der Waals surface area contributed by atoms with Gasteiger partial charge in [0.05, 0.1) is 0 Å². The van der Waals surface area contributed by atoms with Gasteiger partial charge in [-0.1, -0.05) is 12.8 Å². The van der Waals surface area contributed by atoms with Crippen LogP contribution >= 0.6 is 11.8 Å². The number of nitrogens with one attached hydrogen (secondary N) is 1. The molecule has 0 aromatic rings. The Balaban J connectivity index is 1.72.